The van der Waals surface area contributed by atoms with Crippen molar-refractivity contribution in [1.82, 2.24) is 15.2 Å². The van der Waals surface area contributed by atoms with Crippen molar-refractivity contribution in [2.75, 3.05) is 32.8 Å². The Labute approximate surface area is 173 Å². The quantitative estimate of drug-likeness (QED) is 0.646. The summed E-state index contributed by atoms with van der Waals surface area (Å²) in [6.07, 6.45) is 0. The average molecular weight is 414 g/mol. The number of carbonyl (C=O) groups excluding carboxylic acids is 1. The summed E-state index contributed by atoms with van der Waals surface area (Å²) in [5, 5.41) is 4.01. The summed E-state index contributed by atoms with van der Waals surface area (Å²) in [5.41, 5.74) is 1.96. The second-order valence-corrected chi connectivity index (χ2v) is 7.33. The Morgan fingerprint density at radius 1 is 1.17 bits per heavy atom. The first-order valence-corrected chi connectivity index (χ1v) is 9.90. The number of halogens is 2. The summed E-state index contributed by atoms with van der Waals surface area (Å²) < 4.78 is 19.3. The minimum Gasteiger partial charge on any atom is -0.379 e. The van der Waals surface area contributed by atoms with Crippen molar-refractivity contribution in [3.63, 3.8) is 0 Å². The third kappa shape index (κ3) is 4.56. The van der Waals surface area contributed by atoms with E-state index in [2.05, 4.69) is 15.2 Å². The molecule has 2 aromatic carbocycles. The molecular weight excluding hydrogens is 393 g/mol. The second-order valence-electron chi connectivity index (χ2n) is 6.94. The molecule has 1 saturated heterocycles. The van der Waals surface area contributed by atoms with Crippen LogP contribution in [0.5, 0.6) is 0 Å². The van der Waals surface area contributed by atoms with Crippen molar-refractivity contribution in [3.8, 4) is 0 Å². The Morgan fingerprint density at radius 3 is 2.76 bits per heavy atom. The SMILES string of the molecule is O=C(NCC(c1cccc(F)c1)N1CCOCC1)c1cc(Cl)nc2ccccc12. The zero-order valence-electron chi connectivity index (χ0n) is 15.8. The molecule has 1 unspecified atom stereocenters. The van der Waals surface area contributed by atoms with Gasteiger partial charge in [-0.25, -0.2) is 9.37 Å². The summed E-state index contributed by atoms with van der Waals surface area (Å²) in [5.74, 6) is -0.529. The van der Waals surface area contributed by atoms with Crippen LogP contribution >= 0.6 is 11.6 Å². The number of para-hydroxylation sites is 1. The fourth-order valence-electron chi connectivity index (χ4n) is 3.68. The largest absolute Gasteiger partial charge is 0.379 e. The van der Waals surface area contributed by atoms with Crippen LogP contribution in [0.4, 0.5) is 4.39 Å². The van der Waals surface area contributed by atoms with Crippen LogP contribution in [0.2, 0.25) is 5.15 Å². The summed E-state index contributed by atoms with van der Waals surface area (Å²) in [6.45, 7) is 3.02. The van der Waals surface area contributed by atoms with Gasteiger partial charge < -0.3 is 10.1 Å². The fraction of sp³-hybridized carbons (Fsp3) is 0.273. The molecule has 1 atom stereocenters. The van der Waals surface area contributed by atoms with Crippen LogP contribution in [-0.2, 0) is 4.74 Å². The molecule has 3 aromatic rings. The Bertz CT molecular complexity index is 1020. The smallest absolute Gasteiger partial charge is 0.252 e. The number of aromatic nitrogens is 1. The molecule has 0 saturated carbocycles. The van der Waals surface area contributed by atoms with Crippen molar-refractivity contribution in [2.45, 2.75) is 6.04 Å². The van der Waals surface area contributed by atoms with Gasteiger partial charge in [0.1, 0.15) is 11.0 Å². The third-order valence-corrected chi connectivity index (χ3v) is 5.30. The van der Waals surface area contributed by atoms with E-state index >= 15 is 0 Å². The Balaban J connectivity index is 1.58. The highest BCUT2D eigenvalue weighted by Gasteiger charge is 2.24. The van der Waals surface area contributed by atoms with E-state index in [9.17, 15) is 9.18 Å². The number of ether oxygens (including phenoxy) is 1. The van der Waals surface area contributed by atoms with Crippen molar-refractivity contribution in [1.29, 1.82) is 0 Å². The molecule has 1 aliphatic heterocycles. The minimum atomic E-state index is -0.293. The van der Waals surface area contributed by atoms with Crippen LogP contribution in [0.1, 0.15) is 22.0 Å². The highest BCUT2D eigenvalue weighted by atomic mass is 35.5. The van der Waals surface area contributed by atoms with Crippen LogP contribution in [-0.4, -0.2) is 48.6 Å². The van der Waals surface area contributed by atoms with Gasteiger partial charge in [-0.3, -0.25) is 9.69 Å². The van der Waals surface area contributed by atoms with Crippen LogP contribution in [0.25, 0.3) is 10.9 Å². The van der Waals surface area contributed by atoms with Gasteiger partial charge in [-0.1, -0.05) is 41.9 Å². The number of amides is 1. The van der Waals surface area contributed by atoms with Crippen LogP contribution in [0.3, 0.4) is 0 Å². The molecule has 2 heterocycles. The molecule has 0 bridgehead atoms. The molecule has 0 spiro atoms. The highest BCUT2D eigenvalue weighted by molar-refractivity contribution is 6.30. The maximum atomic E-state index is 13.8. The number of rotatable bonds is 5. The van der Waals surface area contributed by atoms with Crippen molar-refractivity contribution in [2.24, 2.45) is 0 Å². The minimum absolute atomic E-state index is 0.151. The number of nitrogens with one attached hydrogen (secondary N) is 1. The second kappa shape index (κ2) is 8.86. The summed E-state index contributed by atoms with van der Waals surface area (Å²) in [6, 6.07) is 15.3. The monoisotopic (exact) mass is 413 g/mol. The molecule has 150 valence electrons. The van der Waals surface area contributed by atoms with E-state index in [0.717, 1.165) is 24.0 Å². The standard InChI is InChI=1S/C22H21ClFN3O2/c23-21-13-18(17-6-1-2-7-19(17)26-21)22(28)25-14-20(27-8-10-29-11-9-27)15-4-3-5-16(24)12-15/h1-7,12-13,20H,8-11,14H2,(H,25,28). The van der Waals surface area contributed by atoms with Gasteiger partial charge in [-0.15, -0.1) is 0 Å². The van der Waals surface area contributed by atoms with E-state index in [1.807, 2.05) is 30.3 Å². The lowest BCUT2D eigenvalue weighted by molar-refractivity contribution is 0.0162. The Morgan fingerprint density at radius 2 is 1.97 bits per heavy atom. The molecule has 4 rings (SSSR count). The summed E-state index contributed by atoms with van der Waals surface area (Å²) >= 11 is 6.11. The van der Waals surface area contributed by atoms with Gasteiger partial charge in [0.15, 0.2) is 0 Å². The van der Waals surface area contributed by atoms with Crippen molar-refractivity contribution >= 4 is 28.4 Å². The number of morpholine rings is 1. The molecule has 1 aliphatic rings. The Kier molecular flexibility index (Phi) is 6.04. The van der Waals surface area contributed by atoms with Gasteiger partial charge >= 0.3 is 0 Å². The van der Waals surface area contributed by atoms with Gasteiger partial charge in [0.2, 0.25) is 0 Å². The zero-order valence-corrected chi connectivity index (χ0v) is 16.5. The maximum absolute atomic E-state index is 13.8. The van der Waals surface area contributed by atoms with Crippen LogP contribution < -0.4 is 5.32 Å². The number of fused-ring (bicyclic) bond motifs is 1. The normalized spacial score (nSPS) is 15.9. The molecular formula is C22H21ClFN3O2. The molecule has 7 heteroatoms. The number of nitrogens with zero attached hydrogens (tertiary/aromatic N) is 2. The number of hydrogen-bond acceptors (Lipinski definition) is 4. The van der Waals surface area contributed by atoms with Crippen molar-refractivity contribution in [3.05, 3.63) is 76.7 Å². The van der Waals surface area contributed by atoms with Gasteiger partial charge in [0, 0.05) is 25.0 Å². The number of benzene rings is 2. The molecule has 29 heavy (non-hydrogen) atoms. The van der Waals surface area contributed by atoms with Gasteiger partial charge in [0.05, 0.1) is 30.3 Å². The summed E-state index contributed by atoms with van der Waals surface area (Å²) in [4.78, 5) is 19.5. The maximum Gasteiger partial charge on any atom is 0.252 e. The number of carbonyl (C=O) groups is 1. The van der Waals surface area contributed by atoms with Gasteiger partial charge in [-0.2, -0.15) is 0 Å². The van der Waals surface area contributed by atoms with Gasteiger partial charge in [0.25, 0.3) is 5.91 Å². The van der Waals surface area contributed by atoms with E-state index in [1.165, 1.54) is 12.1 Å². The highest BCUT2D eigenvalue weighted by Crippen LogP contribution is 2.24. The molecule has 0 radical (unpaired) electrons. The lowest BCUT2D eigenvalue weighted by Gasteiger charge is -2.35. The fourth-order valence-corrected chi connectivity index (χ4v) is 3.88. The van der Waals surface area contributed by atoms with E-state index in [-0.39, 0.29) is 22.9 Å². The average Bonchev–Trinajstić information content (AvgIpc) is 2.74. The third-order valence-electron chi connectivity index (χ3n) is 5.11. The van der Waals surface area contributed by atoms with E-state index < -0.39 is 0 Å². The number of pyridine rings is 1. The van der Waals surface area contributed by atoms with Crippen molar-refractivity contribution < 1.29 is 13.9 Å². The van der Waals surface area contributed by atoms with Crippen LogP contribution in [0.15, 0.2) is 54.6 Å². The molecule has 5 nitrogen and oxygen atoms in total. The summed E-state index contributed by atoms with van der Waals surface area (Å²) in [7, 11) is 0. The van der Waals surface area contributed by atoms with Gasteiger partial charge in [-0.05, 0) is 29.8 Å². The molecule has 1 amide bonds. The van der Waals surface area contributed by atoms with E-state index in [1.54, 1.807) is 12.1 Å². The lowest BCUT2D eigenvalue weighted by atomic mass is 10.0. The first kappa shape index (κ1) is 19.8. The number of hydrogen-bond donors (Lipinski definition) is 1. The molecule has 1 aromatic heterocycles. The lowest BCUT2D eigenvalue weighted by Crippen LogP contribution is -2.43. The van der Waals surface area contributed by atoms with E-state index in [0.29, 0.717) is 30.8 Å². The molecule has 1 N–H and O–H groups in total. The topological polar surface area (TPSA) is 54.5 Å². The molecule has 1 fully saturated rings. The predicted octanol–water partition coefficient (Wildman–Crippen LogP) is 3.83. The first-order valence-electron chi connectivity index (χ1n) is 9.52. The molecule has 0 aliphatic carbocycles. The predicted molar refractivity (Wildman–Crippen MR) is 111 cm³/mol. The van der Waals surface area contributed by atoms with Crippen LogP contribution in [0, 0.1) is 5.82 Å². The zero-order chi connectivity index (χ0) is 20.2. The first-order chi connectivity index (χ1) is 14.1. The van der Waals surface area contributed by atoms with E-state index in [4.69, 9.17) is 16.3 Å². The Hall–Kier alpha value is -2.54.